The van der Waals surface area contributed by atoms with Crippen molar-refractivity contribution < 1.29 is 14.6 Å². The van der Waals surface area contributed by atoms with Gasteiger partial charge in [-0.3, -0.25) is 0 Å². The molecule has 0 aliphatic rings. The average molecular weight is 387 g/mol. The third-order valence-electron chi connectivity index (χ3n) is 2.54. The van der Waals surface area contributed by atoms with Crippen LogP contribution in [0.1, 0.15) is 15.9 Å². The highest BCUT2D eigenvalue weighted by Gasteiger charge is 2.13. The molecule has 0 saturated heterocycles. The molecule has 7 heteroatoms. The number of carboxylic acids is 1. The molecule has 4 nitrogen and oxygen atoms in total. The van der Waals surface area contributed by atoms with Crippen LogP contribution in [-0.4, -0.2) is 11.1 Å². The van der Waals surface area contributed by atoms with Gasteiger partial charge in [0.2, 0.25) is 0 Å². The van der Waals surface area contributed by atoms with E-state index in [2.05, 4.69) is 15.9 Å². The molecule has 0 aliphatic heterocycles. The third-order valence-corrected chi connectivity index (χ3v) is 4.03. The lowest BCUT2D eigenvalue weighted by Gasteiger charge is -2.10. The molecular weight excluding hydrogens is 381 g/mol. The molecular formula is C14H6BrCl2NO3. The Morgan fingerprint density at radius 3 is 2.52 bits per heavy atom. The van der Waals surface area contributed by atoms with Crippen LogP contribution in [0.4, 0.5) is 0 Å². The molecule has 0 spiro atoms. The van der Waals surface area contributed by atoms with Gasteiger partial charge in [0.25, 0.3) is 0 Å². The molecule has 2 rings (SSSR count). The Morgan fingerprint density at radius 1 is 1.19 bits per heavy atom. The first kappa shape index (κ1) is 15.6. The van der Waals surface area contributed by atoms with E-state index in [1.54, 1.807) is 6.07 Å². The second kappa shape index (κ2) is 6.35. The Labute approximate surface area is 138 Å². The van der Waals surface area contributed by atoms with E-state index in [0.717, 1.165) is 0 Å². The van der Waals surface area contributed by atoms with Crippen molar-refractivity contribution in [2.45, 2.75) is 0 Å². The van der Waals surface area contributed by atoms with E-state index in [9.17, 15) is 4.79 Å². The van der Waals surface area contributed by atoms with Crippen LogP contribution >= 0.6 is 39.1 Å². The Bertz CT molecular complexity index is 772. The highest BCUT2D eigenvalue weighted by Crippen LogP contribution is 2.37. The van der Waals surface area contributed by atoms with Crippen molar-refractivity contribution in [3.8, 4) is 17.6 Å². The molecule has 0 amide bonds. The van der Waals surface area contributed by atoms with Crippen molar-refractivity contribution in [1.29, 1.82) is 5.26 Å². The average Bonchev–Trinajstić information content (AvgIpc) is 2.44. The van der Waals surface area contributed by atoms with Gasteiger partial charge in [0.1, 0.15) is 17.6 Å². The number of ether oxygens (including phenoxy) is 1. The van der Waals surface area contributed by atoms with E-state index < -0.39 is 5.97 Å². The minimum Gasteiger partial charge on any atom is -0.478 e. The smallest absolute Gasteiger partial charge is 0.335 e. The number of hydrogen-bond acceptors (Lipinski definition) is 3. The van der Waals surface area contributed by atoms with Crippen LogP contribution in [0.15, 0.2) is 34.8 Å². The molecule has 0 radical (unpaired) electrons. The van der Waals surface area contributed by atoms with Crippen molar-refractivity contribution in [3.05, 3.63) is 56.0 Å². The van der Waals surface area contributed by atoms with Crippen molar-refractivity contribution >= 4 is 45.1 Å². The van der Waals surface area contributed by atoms with E-state index in [0.29, 0.717) is 14.5 Å². The van der Waals surface area contributed by atoms with Crippen LogP contribution in [0.2, 0.25) is 10.0 Å². The molecule has 21 heavy (non-hydrogen) atoms. The molecule has 0 unspecified atom stereocenters. The molecule has 0 aromatic heterocycles. The van der Waals surface area contributed by atoms with Crippen molar-refractivity contribution in [3.63, 3.8) is 0 Å². The summed E-state index contributed by atoms with van der Waals surface area (Å²) in [6.45, 7) is 0. The molecule has 0 bridgehead atoms. The topological polar surface area (TPSA) is 70.3 Å². The molecule has 0 fully saturated rings. The fourth-order valence-corrected chi connectivity index (χ4v) is 2.37. The predicted molar refractivity (Wildman–Crippen MR) is 82.4 cm³/mol. The summed E-state index contributed by atoms with van der Waals surface area (Å²) < 4.78 is 6.16. The number of halogens is 3. The summed E-state index contributed by atoms with van der Waals surface area (Å²) in [5.74, 6) is -0.657. The van der Waals surface area contributed by atoms with Gasteiger partial charge >= 0.3 is 5.97 Å². The zero-order chi connectivity index (χ0) is 15.6. The Kier molecular flexibility index (Phi) is 4.73. The van der Waals surface area contributed by atoms with E-state index in [4.69, 9.17) is 38.3 Å². The highest BCUT2D eigenvalue weighted by atomic mass is 79.9. The first-order valence-electron chi connectivity index (χ1n) is 5.52. The Hall–Kier alpha value is -1.74. The molecule has 106 valence electrons. The third kappa shape index (κ3) is 3.48. The summed E-state index contributed by atoms with van der Waals surface area (Å²) in [7, 11) is 0. The standard InChI is InChI=1S/C14H6BrCl2NO3/c15-9-4-11(17)13(5-10(9)16)21-12-2-1-7(14(19)20)3-8(12)6-18/h1-5H,(H,19,20). The van der Waals surface area contributed by atoms with Gasteiger partial charge in [0.15, 0.2) is 0 Å². The van der Waals surface area contributed by atoms with Gasteiger partial charge in [-0.25, -0.2) is 4.79 Å². The monoisotopic (exact) mass is 385 g/mol. The zero-order valence-corrected chi connectivity index (χ0v) is 13.3. The van der Waals surface area contributed by atoms with E-state index in [1.807, 2.05) is 6.07 Å². The molecule has 1 N–H and O–H groups in total. The highest BCUT2D eigenvalue weighted by molar-refractivity contribution is 9.10. The lowest BCUT2D eigenvalue weighted by atomic mass is 10.1. The van der Waals surface area contributed by atoms with Crippen LogP contribution in [0.5, 0.6) is 11.5 Å². The maximum Gasteiger partial charge on any atom is 0.335 e. The number of aromatic carboxylic acids is 1. The normalized spacial score (nSPS) is 10.0. The maximum absolute atomic E-state index is 10.9. The fraction of sp³-hybridized carbons (Fsp3) is 0. The largest absolute Gasteiger partial charge is 0.478 e. The van der Waals surface area contributed by atoms with Gasteiger partial charge in [0, 0.05) is 10.5 Å². The molecule has 2 aromatic rings. The minimum atomic E-state index is -1.12. The van der Waals surface area contributed by atoms with Gasteiger partial charge in [-0.2, -0.15) is 5.26 Å². The first-order chi connectivity index (χ1) is 9.92. The van der Waals surface area contributed by atoms with Crippen LogP contribution in [0, 0.1) is 11.3 Å². The van der Waals surface area contributed by atoms with Crippen LogP contribution in [0.25, 0.3) is 0 Å². The summed E-state index contributed by atoms with van der Waals surface area (Å²) in [5, 5.41) is 18.7. The first-order valence-corrected chi connectivity index (χ1v) is 7.07. The van der Waals surface area contributed by atoms with Gasteiger partial charge in [0.05, 0.1) is 21.2 Å². The summed E-state index contributed by atoms with van der Waals surface area (Å²) in [6.07, 6.45) is 0. The van der Waals surface area contributed by atoms with E-state index in [1.165, 1.54) is 24.3 Å². The van der Waals surface area contributed by atoms with Gasteiger partial charge in [-0.1, -0.05) is 23.2 Å². The van der Waals surface area contributed by atoms with Crippen molar-refractivity contribution in [2.24, 2.45) is 0 Å². The molecule has 2 aromatic carbocycles. The van der Waals surface area contributed by atoms with Crippen LogP contribution < -0.4 is 4.74 Å². The summed E-state index contributed by atoms with van der Waals surface area (Å²) in [5.41, 5.74) is 0.0869. The molecule has 0 aliphatic carbocycles. The van der Waals surface area contributed by atoms with Gasteiger partial charge < -0.3 is 9.84 Å². The number of nitriles is 1. The van der Waals surface area contributed by atoms with Crippen molar-refractivity contribution in [2.75, 3.05) is 0 Å². The van der Waals surface area contributed by atoms with E-state index >= 15 is 0 Å². The number of carboxylic acid groups (broad SMARTS) is 1. The molecule has 0 saturated carbocycles. The quantitative estimate of drug-likeness (QED) is 0.743. The molecule has 0 atom stereocenters. The second-order valence-electron chi connectivity index (χ2n) is 3.93. The lowest BCUT2D eigenvalue weighted by molar-refractivity contribution is 0.0697. The van der Waals surface area contributed by atoms with Crippen LogP contribution in [0.3, 0.4) is 0 Å². The number of hydrogen-bond donors (Lipinski definition) is 1. The summed E-state index contributed by atoms with van der Waals surface area (Å²) >= 11 is 15.2. The Balaban J connectivity index is 2.43. The van der Waals surface area contributed by atoms with E-state index in [-0.39, 0.29) is 22.6 Å². The Morgan fingerprint density at radius 2 is 1.90 bits per heavy atom. The lowest BCUT2D eigenvalue weighted by Crippen LogP contribution is -1.98. The number of benzene rings is 2. The number of rotatable bonds is 3. The summed E-state index contributed by atoms with van der Waals surface area (Å²) in [6, 6.07) is 8.91. The van der Waals surface area contributed by atoms with Crippen molar-refractivity contribution in [1.82, 2.24) is 0 Å². The number of carbonyl (C=O) groups is 1. The van der Waals surface area contributed by atoms with Gasteiger partial charge in [-0.05, 0) is 40.2 Å². The minimum absolute atomic E-state index is 0.00108. The van der Waals surface area contributed by atoms with Gasteiger partial charge in [-0.15, -0.1) is 0 Å². The zero-order valence-electron chi connectivity index (χ0n) is 10.2. The summed E-state index contributed by atoms with van der Waals surface area (Å²) in [4.78, 5) is 10.9. The second-order valence-corrected chi connectivity index (χ2v) is 5.60. The van der Waals surface area contributed by atoms with Crippen LogP contribution in [-0.2, 0) is 0 Å². The predicted octanol–water partition coefficient (Wildman–Crippen LogP) is 5.12. The molecule has 0 heterocycles. The SMILES string of the molecule is N#Cc1cc(C(=O)O)ccc1Oc1cc(Cl)c(Br)cc1Cl. The fourth-order valence-electron chi connectivity index (χ4n) is 1.54. The maximum atomic E-state index is 10.9. The number of nitrogens with zero attached hydrogens (tertiary/aromatic N) is 1.